The van der Waals surface area contributed by atoms with Gasteiger partial charge in [0.2, 0.25) is 0 Å². The van der Waals surface area contributed by atoms with E-state index >= 15 is 0 Å². The van der Waals surface area contributed by atoms with Gasteiger partial charge in [0.05, 0.1) is 22.7 Å². The molecule has 2 N–H and O–H groups in total. The topological polar surface area (TPSA) is 49.3 Å². The standard InChI is InChI=1S/C16H15BrClNO2/c1-16(10-20,11-5-3-2-4-6-11)19-15(21)13-9-12(17)7-8-14(13)18/h2-9,20H,10H2,1H3,(H,19,21). The van der Waals surface area contributed by atoms with Crippen LogP contribution < -0.4 is 5.32 Å². The van der Waals surface area contributed by atoms with Gasteiger partial charge >= 0.3 is 0 Å². The highest BCUT2D eigenvalue weighted by Crippen LogP contribution is 2.24. The van der Waals surface area contributed by atoms with Crippen molar-refractivity contribution in [3.8, 4) is 0 Å². The second kappa shape index (κ2) is 6.60. The molecule has 2 aromatic rings. The first-order valence-corrected chi connectivity index (χ1v) is 7.57. The van der Waals surface area contributed by atoms with Gasteiger partial charge in [-0.1, -0.05) is 57.9 Å². The largest absolute Gasteiger partial charge is 0.394 e. The third kappa shape index (κ3) is 3.64. The average molecular weight is 369 g/mol. The number of benzene rings is 2. The minimum atomic E-state index is -0.871. The van der Waals surface area contributed by atoms with Crippen molar-refractivity contribution >= 4 is 33.4 Å². The Hall–Kier alpha value is -1.36. The number of aliphatic hydroxyl groups is 1. The molecule has 0 radical (unpaired) electrons. The first-order valence-electron chi connectivity index (χ1n) is 6.40. The molecule has 0 saturated carbocycles. The minimum absolute atomic E-state index is 0.214. The summed E-state index contributed by atoms with van der Waals surface area (Å²) in [5.41, 5.74) is 0.317. The summed E-state index contributed by atoms with van der Waals surface area (Å²) in [6, 6.07) is 14.4. The number of halogens is 2. The van der Waals surface area contributed by atoms with Crippen molar-refractivity contribution in [2.75, 3.05) is 6.61 Å². The maximum Gasteiger partial charge on any atom is 0.253 e. The monoisotopic (exact) mass is 367 g/mol. The first kappa shape index (κ1) is 16.0. The zero-order valence-electron chi connectivity index (χ0n) is 11.4. The zero-order chi connectivity index (χ0) is 15.5. The number of hydrogen-bond acceptors (Lipinski definition) is 2. The van der Waals surface area contributed by atoms with Gasteiger partial charge in [-0.05, 0) is 30.7 Å². The molecule has 0 spiro atoms. The van der Waals surface area contributed by atoms with E-state index in [1.54, 1.807) is 25.1 Å². The Morgan fingerprint density at radius 2 is 1.95 bits per heavy atom. The zero-order valence-corrected chi connectivity index (χ0v) is 13.8. The average Bonchev–Trinajstić information content (AvgIpc) is 2.50. The van der Waals surface area contributed by atoms with Gasteiger partial charge in [-0.2, -0.15) is 0 Å². The third-order valence-electron chi connectivity index (χ3n) is 3.29. The second-order valence-electron chi connectivity index (χ2n) is 4.93. The molecule has 1 atom stereocenters. The van der Waals surface area contributed by atoms with Gasteiger partial charge in [-0.25, -0.2) is 0 Å². The summed E-state index contributed by atoms with van der Waals surface area (Å²) in [7, 11) is 0. The van der Waals surface area contributed by atoms with Crippen LogP contribution in [0.1, 0.15) is 22.8 Å². The Bertz CT molecular complexity index is 648. The van der Waals surface area contributed by atoms with E-state index in [-0.39, 0.29) is 12.5 Å². The predicted molar refractivity (Wildman–Crippen MR) is 87.5 cm³/mol. The summed E-state index contributed by atoms with van der Waals surface area (Å²) in [6.07, 6.45) is 0. The Morgan fingerprint density at radius 1 is 1.29 bits per heavy atom. The number of aliphatic hydroxyl groups excluding tert-OH is 1. The van der Waals surface area contributed by atoms with Crippen LogP contribution in [0.4, 0.5) is 0 Å². The summed E-state index contributed by atoms with van der Waals surface area (Å²) < 4.78 is 0.766. The van der Waals surface area contributed by atoms with E-state index in [2.05, 4.69) is 21.2 Å². The van der Waals surface area contributed by atoms with Gasteiger partial charge in [-0.3, -0.25) is 4.79 Å². The molecule has 21 heavy (non-hydrogen) atoms. The molecule has 0 saturated heterocycles. The Morgan fingerprint density at radius 3 is 2.57 bits per heavy atom. The summed E-state index contributed by atoms with van der Waals surface area (Å²) in [5.74, 6) is -0.332. The molecule has 0 aliphatic rings. The van der Waals surface area contributed by atoms with Crippen molar-refractivity contribution in [3.63, 3.8) is 0 Å². The second-order valence-corrected chi connectivity index (χ2v) is 6.26. The van der Waals surface area contributed by atoms with E-state index in [9.17, 15) is 9.90 Å². The fourth-order valence-corrected chi connectivity index (χ4v) is 2.56. The van der Waals surface area contributed by atoms with Crippen LogP contribution in [0.5, 0.6) is 0 Å². The molecule has 5 heteroatoms. The molecule has 0 aliphatic carbocycles. The Kier molecular flexibility index (Phi) is 5.04. The Labute approximate surface area is 137 Å². The molecule has 0 bridgehead atoms. The number of nitrogens with one attached hydrogen (secondary N) is 1. The molecule has 1 amide bonds. The lowest BCUT2D eigenvalue weighted by atomic mass is 9.92. The lowest BCUT2D eigenvalue weighted by Gasteiger charge is -2.29. The van der Waals surface area contributed by atoms with Gasteiger partial charge in [0.25, 0.3) is 5.91 Å². The van der Waals surface area contributed by atoms with Crippen LogP contribution >= 0.6 is 27.5 Å². The fourth-order valence-electron chi connectivity index (χ4n) is 2.00. The van der Waals surface area contributed by atoms with Gasteiger partial charge < -0.3 is 10.4 Å². The van der Waals surface area contributed by atoms with E-state index in [4.69, 9.17) is 11.6 Å². The molecule has 3 nitrogen and oxygen atoms in total. The van der Waals surface area contributed by atoms with Crippen molar-refractivity contribution in [1.82, 2.24) is 5.32 Å². The van der Waals surface area contributed by atoms with Crippen LogP contribution in [0, 0.1) is 0 Å². The minimum Gasteiger partial charge on any atom is -0.394 e. The number of amides is 1. The van der Waals surface area contributed by atoms with Crippen LogP contribution in [0.15, 0.2) is 53.0 Å². The highest BCUT2D eigenvalue weighted by Gasteiger charge is 2.28. The van der Waals surface area contributed by atoms with Gasteiger partial charge in [0.1, 0.15) is 0 Å². The fraction of sp³-hybridized carbons (Fsp3) is 0.188. The lowest BCUT2D eigenvalue weighted by molar-refractivity contribution is 0.0849. The number of rotatable bonds is 4. The molecule has 2 rings (SSSR count). The summed E-state index contributed by atoms with van der Waals surface area (Å²) in [4.78, 5) is 12.4. The van der Waals surface area contributed by atoms with Gasteiger partial charge in [-0.15, -0.1) is 0 Å². The van der Waals surface area contributed by atoms with Crippen LogP contribution in [0.25, 0.3) is 0 Å². The number of carbonyl (C=O) groups excluding carboxylic acids is 1. The lowest BCUT2D eigenvalue weighted by Crippen LogP contribution is -2.46. The highest BCUT2D eigenvalue weighted by molar-refractivity contribution is 9.10. The van der Waals surface area contributed by atoms with Crippen LogP contribution in [0.3, 0.4) is 0 Å². The van der Waals surface area contributed by atoms with E-state index in [0.717, 1.165) is 10.0 Å². The molecular formula is C16H15BrClNO2. The molecule has 0 aliphatic heterocycles. The quantitative estimate of drug-likeness (QED) is 0.863. The molecule has 1 unspecified atom stereocenters. The molecular weight excluding hydrogens is 354 g/mol. The van der Waals surface area contributed by atoms with Crippen molar-refractivity contribution in [2.45, 2.75) is 12.5 Å². The molecule has 2 aromatic carbocycles. The maximum atomic E-state index is 12.4. The van der Waals surface area contributed by atoms with E-state index in [1.807, 2.05) is 30.3 Å². The maximum absolute atomic E-state index is 12.4. The van der Waals surface area contributed by atoms with Crippen LogP contribution in [-0.4, -0.2) is 17.6 Å². The summed E-state index contributed by atoms with van der Waals surface area (Å²) in [5, 5.41) is 12.9. The first-order chi connectivity index (χ1) is 9.96. The molecule has 110 valence electrons. The number of hydrogen-bond donors (Lipinski definition) is 2. The van der Waals surface area contributed by atoms with Crippen LogP contribution in [0.2, 0.25) is 5.02 Å². The normalized spacial score (nSPS) is 13.5. The number of carbonyl (C=O) groups is 1. The highest BCUT2D eigenvalue weighted by atomic mass is 79.9. The van der Waals surface area contributed by atoms with E-state index in [0.29, 0.717) is 10.6 Å². The van der Waals surface area contributed by atoms with Gasteiger partial charge in [0, 0.05) is 4.47 Å². The van der Waals surface area contributed by atoms with Crippen LogP contribution in [-0.2, 0) is 5.54 Å². The molecule has 0 heterocycles. The van der Waals surface area contributed by atoms with Crippen molar-refractivity contribution in [1.29, 1.82) is 0 Å². The van der Waals surface area contributed by atoms with Crippen molar-refractivity contribution < 1.29 is 9.90 Å². The van der Waals surface area contributed by atoms with Crippen molar-refractivity contribution in [3.05, 3.63) is 69.2 Å². The Balaban J connectivity index is 2.30. The summed E-state index contributed by atoms with van der Waals surface area (Å²) in [6.45, 7) is 1.56. The van der Waals surface area contributed by atoms with E-state index in [1.165, 1.54) is 0 Å². The van der Waals surface area contributed by atoms with Crippen molar-refractivity contribution in [2.24, 2.45) is 0 Å². The van der Waals surface area contributed by atoms with E-state index < -0.39 is 5.54 Å². The molecule has 0 aromatic heterocycles. The third-order valence-corrected chi connectivity index (χ3v) is 4.11. The smallest absolute Gasteiger partial charge is 0.253 e. The van der Waals surface area contributed by atoms with Gasteiger partial charge in [0.15, 0.2) is 0 Å². The SMILES string of the molecule is CC(CO)(NC(=O)c1cc(Br)ccc1Cl)c1ccccc1. The summed E-state index contributed by atoms with van der Waals surface area (Å²) >= 11 is 9.38. The predicted octanol–water partition coefficient (Wildman–Crippen LogP) is 3.74. The molecule has 0 fully saturated rings.